The van der Waals surface area contributed by atoms with Crippen molar-refractivity contribution < 1.29 is 9.59 Å². The van der Waals surface area contributed by atoms with E-state index < -0.39 is 0 Å². The van der Waals surface area contributed by atoms with Crippen LogP contribution in [0.25, 0.3) is 0 Å². The monoisotopic (exact) mass is 354 g/mol. The predicted molar refractivity (Wildman–Crippen MR) is 94.9 cm³/mol. The van der Waals surface area contributed by atoms with E-state index in [1.54, 1.807) is 0 Å². The zero-order valence-corrected chi connectivity index (χ0v) is 14.8. The maximum Gasteiger partial charge on any atom is 0.230 e. The summed E-state index contributed by atoms with van der Waals surface area (Å²) in [7, 11) is 0. The summed E-state index contributed by atoms with van der Waals surface area (Å²) in [5.74, 6) is 0.670. The second-order valence-electron chi connectivity index (χ2n) is 5.64. The number of carbonyl (C=O) groups is 2. The van der Waals surface area contributed by atoms with Crippen molar-refractivity contribution in [3.63, 3.8) is 0 Å². The highest BCUT2D eigenvalue weighted by Crippen LogP contribution is 2.19. The Kier molecular flexibility index (Phi) is 7.76. The molecule has 1 aromatic carbocycles. The molecule has 1 aliphatic heterocycles. The Morgan fingerprint density at radius 3 is 2.78 bits per heavy atom. The van der Waals surface area contributed by atoms with E-state index in [9.17, 15) is 9.59 Å². The van der Waals surface area contributed by atoms with E-state index >= 15 is 0 Å². The lowest BCUT2D eigenvalue weighted by Crippen LogP contribution is -2.34. The smallest absolute Gasteiger partial charge is 0.230 e. The molecule has 0 saturated carbocycles. The Morgan fingerprint density at radius 2 is 2.00 bits per heavy atom. The first-order valence-electron chi connectivity index (χ1n) is 8.08. The molecular weight excluding hydrogens is 332 g/mol. The summed E-state index contributed by atoms with van der Waals surface area (Å²) < 4.78 is 0. The number of rotatable bonds is 7. The molecule has 1 aliphatic rings. The van der Waals surface area contributed by atoms with Gasteiger partial charge in [0.1, 0.15) is 0 Å². The van der Waals surface area contributed by atoms with Crippen LogP contribution in [0.1, 0.15) is 32.1 Å². The van der Waals surface area contributed by atoms with E-state index in [1.807, 2.05) is 29.2 Å². The lowest BCUT2D eigenvalue weighted by atomic mass is 10.2. The van der Waals surface area contributed by atoms with Crippen LogP contribution >= 0.6 is 23.4 Å². The van der Waals surface area contributed by atoms with Gasteiger partial charge in [0.2, 0.25) is 11.8 Å². The van der Waals surface area contributed by atoms with Gasteiger partial charge in [-0.25, -0.2) is 0 Å². The summed E-state index contributed by atoms with van der Waals surface area (Å²) in [6.45, 7) is 2.21. The molecule has 4 nitrogen and oxygen atoms in total. The van der Waals surface area contributed by atoms with Gasteiger partial charge in [-0.15, -0.1) is 11.8 Å². The average molecular weight is 355 g/mol. The van der Waals surface area contributed by atoms with Crippen LogP contribution in [0.3, 0.4) is 0 Å². The van der Waals surface area contributed by atoms with E-state index in [2.05, 4.69) is 5.32 Å². The summed E-state index contributed by atoms with van der Waals surface area (Å²) in [4.78, 5) is 26.6. The number of likely N-dealkylation sites (tertiary alicyclic amines) is 1. The van der Waals surface area contributed by atoms with Crippen LogP contribution in [-0.2, 0) is 9.59 Å². The third-order valence-corrected chi connectivity index (χ3v) is 5.05. The number of halogens is 1. The van der Waals surface area contributed by atoms with Gasteiger partial charge in [0.05, 0.1) is 5.75 Å². The first-order chi connectivity index (χ1) is 11.1. The molecule has 0 aliphatic carbocycles. The van der Waals surface area contributed by atoms with Crippen molar-refractivity contribution in [2.45, 2.75) is 37.0 Å². The molecule has 6 heteroatoms. The maximum atomic E-state index is 11.9. The van der Waals surface area contributed by atoms with Gasteiger partial charge < -0.3 is 10.2 Å². The Hall–Kier alpha value is -1.20. The molecule has 1 saturated heterocycles. The molecule has 1 N–H and O–H groups in total. The number of hydrogen-bond acceptors (Lipinski definition) is 3. The maximum absolute atomic E-state index is 11.9. The van der Waals surface area contributed by atoms with Crippen molar-refractivity contribution in [1.29, 1.82) is 0 Å². The van der Waals surface area contributed by atoms with Crippen LogP contribution in [0.5, 0.6) is 0 Å². The van der Waals surface area contributed by atoms with Crippen molar-refractivity contribution in [2.75, 3.05) is 25.4 Å². The largest absolute Gasteiger partial charge is 0.355 e. The molecule has 0 spiro atoms. The minimum Gasteiger partial charge on any atom is -0.355 e. The zero-order valence-electron chi connectivity index (χ0n) is 13.2. The molecule has 23 heavy (non-hydrogen) atoms. The molecule has 0 atom stereocenters. The standard InChI is InChI=1S/C17H23ClN2O2S/c18-14-6-8-15(9-7-14)23-13-16(21)19-10-4-12-20-11-3-1-2-5-17(20)22/h6-9H,1-5,10-13H2,(H,19,21). The van der Waals surface area contributed by atoms with E-state index in [1.165, 1.54) is 11.8 Å². The third-order valence-electron chi connectivity index (χ3n) is 3.78. The number of benzene rings is 1. The quantitative estimate of drug-likeness (QED) is 0.603. The normalized spacial score (nSPS) is 15.3. The highest BCUT2D eigenvalue weighted by atomic mass is 35.5. The number of hydrogen-bond donors (Lipinski definition) is 1. The lowest BCUT2D eigenvalue weighted by Gasteiger charge is -2.20. The van der Waals surface area contributed by atoms with Gasteiger partial charge in [0.25, 0.3) is 0 Å². The van der Waals surface area contributed by atoms with Crippen molar-refractivity contribution in [3.05, 3.63) is 29.3 Å². The van der Waals surface area contributed by atoms with Crippen LogP contribution in [0.15, 0.2) is 29.2 Å². The van der Waals surface area contributed by atoms with Gasteiger partial charge in [0.15, 0.2) is 0 Å². The number of thioether (sulfide) groups is 1. The van der Waals surface area contributed by atoms with Crippen LogP contribution in [0, 0.1) is 0 Å². The Balaban J connectivity index is 1.59. The first-order valence-corrected chi connectivity index (χ1v) is 9.44. The topological polar surface area (TPSA) is 49.4 Å². The summed E-state index contributed by atoms with van der Waals surface area (Å²) >= 11 is 7.32. The summed E-state index contributed by atoms with van der Waals surface area (Å²) in [6, 6.07) is 7.45. The Labute approximate surface area is 146 Å². The average Bonchev–Trinajstić information content (AvgIpc) is 2.75. The molecule has 1 heterocycles. The van der Waals surface area contributed by atoms with Gasteiger partial charge in [-0.1, -0.05) is 18.0 Å². The molecule has 126 valence electrons. The van der Waals surface area contributed by atoms with Gasteiger partial charge >= 0.3 is 0 Å². The fraction of sp³-hybridized carbons (Fsp3) is 0.529. The number of nitrogens with one attached hydrogen (secondary N) is 1. The van der Waals surface area contributed by atoms with Crippen LogP contribution in [0.4, 0.5) is 0 Å². The van der Waals surface area contributed by atoms with E-state index in [0.29, 0.717) is 23.7 Å². The fourth-order valence-electron chi connectivity index (χ4n) is 2.50. The Bertz CT molecular complexity index is 522. The first kappa shape index (κ1) is 18.1. The number of amides is 2. The van der Waals surface area contributed by atoms with E-state index in [-0.39, 0.29) is 11.8 Å². The van der Waals surface area contributed by atoms with E-state index in [0.717, 1.165) is 43.7 Å². The molecule has 0 bridgehead atoms. The zero-order chi connectivity index (χ0) is 16.5. The molecular formula is C17H23ClN2O2S. The minimum absolute atomic E-state index is 0.0205. The summed E-state index contributed by atoms with van der Waals surface area (Å²) in [5, 5.41) is 3.61. The van der Waals surface area contributed by atoms with Crippen LogP contribution < -0.4 is 5.32 Å². The molecule has 1 fully saturated rings. The summed E-state index contributed by atoms with van der Waals surface area (Å²) in [6.07, 6.45) is 4.72. The van der Waals surface area contributed by atoms with Gasteiger partial charge in [-0.05, 0) is 43.5 Å². The molecule has 2 amide bonds. The number of nitrogens with zero attached hydrogens (tertiary/aromatic N) is 1. The SMILES string of the molecule is O=C(CSc1ccc(Cl)cc1)NCCCN1CCCCCC1=O. The van der Waals surface area contributed by atoms with Crippen LogP contribution in [0.2, 0.25) is 5.02 Å². The lowest BCUT2D eigenvalue weighted by molar-refractivity contribution is -0.130. The van der Waals surface area contributed by atoms with Crippen molar-refractivity contribution in [3.8, 4) is 0 Å². The predicted octanol–water partition coefficient (Wildman–Crippen LogP) is 3.34. The number of carbonyl (C=O) groups excluding carboxylic acids is 2. The molecule has 1 aromatic rings. The van der Waals surface area contributed by atoms with Gasteiger partial charge in [-0.3, -0.25) is 9.59 Å². The van der Waals surface area contributed by atoms with Crippen molar-refractivity contribution >= 4 is 35.2 Å². The summed E-state index contributed by atoms with van der Waals surface area (Å²) in [5.41, 5.74) is 0. The third kappa shape index (κ3) is 6.83. The highest BCUT2D eigenvalue weighted by Gasteiger charge is 2.15. The molecule has 2 rings (SSSR count). The second-order valence-corrected chi connectivity index (χ2v) is 7.12. The molecule has 0 radical (unpaired) electrons. The fourth-order valence-corrected chi connectivity index (χ4v) is 3.36. The Morgan fingerprint density at radius 1 is 1.22 bits per heavy atom. The highest BCUT2D eigenvalue weighted by molar-refractivity contribution is 8.00. The van der Waals surface area contributed by atoms with Crippen molar-refractivity contribution in [1.82, 2.24) is 10.2 Å². The van der Waals surface area contributed by atoms with Crippen molar-refractivity contribution in [2.24, 2.45) is 0 Å². The molecule has 0 unspecified atom stereocenters. The van der Waals surface area contributed by atoms with Crippen LogP contribution in [-0.4, -0.2) is 42.1 Å². The van der Waals surface area contributed by atoms with Gasteiger partial charge in [0, 0.05) is 36.0 Å². The van der Waals surface area contributed by atoms with Gasteiger partial charge in [-0.2, -0.15) is 0 Å². The van der Waals surface area contributed by atoms with E-state index in [4.69, 9.17) is 11.6 Å². The second kappa shape index (κ2) is 9.83. The molecule has 0 aromatic heterocycles. The minimum atomic E-state index is 0.0205.